The molecule has 0 unspecified atom stereocenters. The lowest BCUT2D eigenvalue weighted by Crippen LogP contribution is -2.41. The van der Waals surface area contributed by atoms with Crippen LogP contribution in [0.25, 0.3) is 0 Å². The number of hydrogen-bond acceptors (Lipinski definition) is 2. The Bertz CT molecular complexity index is 388. The number of hydrogen-bond donors (Lipinski definition) is 2. The van der Waals surface area contributed by atoms with Crippen LogP contribution in [-0.4, -0.2) is 25.7 Å². The minimum absolute atomic E-state index is 0.362. The van der Waals surface area contributed by atoms with Crippen molar-refractivity contribution in [1.29, 1.82) is 0 Å². The summed E-state index contributed by atoms with van der Waals surface area (Å²) in [4.78, 5) is 4.55. The number of methoxy groups -OCH3 is 1. The molecule has 0 spiro atoms. The molecule has 0 aromatic heterocycles. The summed E-state index contributed by atoms with van der Waals surface area (Å²) in [5.74, 6) is 1.71. The maximum absolute atomic E-state index is 5.31. The Hall–Kier alpha value is -1.71. The van der Waals surface area contributed by atoms with Crippen molar-refractivity contribution in [2.75, 3.05) is 13.7 Å². The maximum atomic E-state index is 5.31. The highest BCUT2D eigenvalue weighted by Crippen LogP contribution is 2.17. The Labute approximate surface area is 109 Å². The number of rotatable bonds is 5. The molecule has 0 saturated carbocycles. The summed E-state index contributed by atoms with van der Waals surface area (Å²) in [5, 5.41) is 6.51. The van der Waals surface area contributed by atoms with Gasteiger partial charge in [0.15, 0.2) is 5.96 Å². The molecule has 0 radical (unpaired) electrons. The van der Waals surface area contributed by atoms with E-state index in [2.05, 4.69) is 36.4 Å². The van der Waals surface area contributed by atoms with E-state index >= 15 is 0 Å². The lowest BCUT2D eigenvalue weighted by atomic mass is 10.2. The van der Waals surface area contributed by atoms with Gasteiger partial charge >= 0.3 is 0 Å². The zero-order valence-corrected chi connectivity index (χ0v) is 11.7. The van der Waals surface area contributed by atoms with Crippen molar-refractivity contribution in [3.8, 4) is 5.75 Å². The van der Waals surface area contributed by atoms with Crippen molar-refractivity contribution in [3.05, 3.63) is 29.8 Å². The summed E-state index contributed by atoms with van der Waals surface area (Å²) in [6.07, 6.45) is 0. The van der Waals surface area contributed by atoms with E-state index in [0.717, 1.165) is 23.8 Å². The number of para-hydroxylation sites is 1. The first-order valence-electron chi connectivity index (χ1n) is 6.34. The fourth-order valence-electron chi connectivity index (χ4n) is 1.59. The first-order chi connectivity index (χ1) is 8.67. The summed E-state index contributed by atoms with van der Waals surface area (Å²) in [6, 6.07) is 8.30. The van der Waals surface area contributed by atoms with Gasteiger partial charge in [-0.3, -0.25) is 0 Å². The van der Waals surface area contributed by atoms with E-state index in [0.29, 0.717) is 12.6 Å². The van der Waals surface area contributed by atoms with Crippen LogP contribution in [0.1, 0.15) is 26.3 Å². The van der Waals surface area contributed by atoms with E-state index in [1.807, 2.05) is 24.3 Å². The van der Waals surface area contributed by atoms with Gasteiger partial charge in [0.1, 0.15) is 5.75 Å². The normalized spacial score (nSPS) is 11.5. The van der Waals surface area contributed by atoms with E-state index in [1.54, 1.807) is 7.11 Å². The predicted octanol–water partition coefficient (Wildman–Crippen LogP) is 2.16. The Morgan fingerprint density at radius 3 is 2.67 bits per heavy atom. The van der Waals surface area contributed by atoms with Crippen LogP contribution in [0, 0.1) is 0 Å². The second-order valence-electron chi connectivity index (χ2n) is 4.31. The van der Waals surface area contributed by atoms with Crippen LogP contribution in [0.5, 0.6) is 5.75 Å². The SMILES string of the molecule is CCNC(=NCc1ccccc1OC)NC(C)C. The van der Waals surface area contributed by atoms with E-state index in [9.17, 15) is 0 Å². The minimum atomic E-state index is 0.362. The van der Waals surface area contributed by atoms with Crippen LogP contribution in [0.3, 0.4) is 0 Å². The molecule has 18 heavy (non-hydrogen) atoms. The zero-order valence-electron chi connectivity index (χ0n) is 11.7. The van der Waals surface area contributed by atoms with E-state index in [1.165, 1.54) is 0 Å². The van der Waals surface area contributed by atoms with Gasteiger partial charge in [-0.05, 0) is 26.8 Å². The van der Waals surface area contributed by atoms with Gasteiger partial charge in [0.25, 0.3) is 0 Å². The van der Waals surface area contributed by atoms with Crippen LogP contribution in [0.15, 0.2) is 29.3 Å². The lowest BCUT2D eigenvalue weighted by molar-refractivity contribution is 0.410. The molecule has 0 heterocycles. The van der Waals surface area contributed by atoms with Gasteiger partial charge in [0.2, 0.25) is 0 Å². The summed E-state index contributed by atoms with van der Waals surface area (Å²) >= 11 is 0. The zero-order chi connectivity index (χ0) is 13.4. The van der Waals surface area contributed by atoms with Gasteiger partial charge < -0.3 is 15.4 Å². The average Bonchev–Trinajstić information content (AvgIpc) is 2.36. The highest BCUT2D eigenvalue weighted by molar-refractivity contribution is 5.80. The third-order valence-corrected chi connectivity index (χ3v) is 2.37. The largest absolute Gasteiger partial charge is 0.496 e. The van der Waals surface area contributed by atoms with Gasteiger partial charge in [-0.15, -0.1) is 0 Å². The van der Waals surface area contributed by atoms with E-state index < -0.39 is 0 Å². The fraction of sp³-hybridized carbons (Fsp3) is 0.500. The molecule has 0 saturated heterocycles. The van der Waals surface area contributed by atoms with E-state index in [4.69, 9.17) is 4.74 Å². The molecule has 0 aliphatic heterocycles. The van der Waals surface area contributed by atoms with Crippen molar-refractivity contribution in [2.24, 2.45) is 4.99 Å². The lowest BCUT2D eigenvalue weighted by Gasteiger charge is -2.14. The first-order valence-corrected chi connectivity index (χ1v) is 6.34. The number of nitrogens with zero attached hydrogens (tertiary/aromatic N) is 1. The molecular weight excluding hydrogens is 226 g/mol. The summed E-state index contributed by atoms with van der Waals surface area (Å²) in [7, 11) is 1.68. The quantitative estimate of drug-likeness (QED) is 0.621. The van der Waals surface area contributed by atoms with Crippen LogP contribution >= 0.6 is 0 Å². The highest BCUT2D eigenvalue weighted by Gasteiger charge is 2.02. The Kier molecular flexibility index (Phi) is 6.05. The van der Waals surface area contributed by atoms with Gasteiger partial charge in [-0.1, -0.05) is 18.2 Å². The van der Waals surface area contributed by atoms with Crippen LogP contribution in [0.2, 0.25) is 0 Å². The van der Waals surface area contributed by atoms with Gasteiger partial charge in [0.05, 0.1) is 13.7 Å². The second kappa shape index (κ2) is 7.58. The molecule has 100 valence electrons. The van der Waals surface area contributed by atoms with Crippen molar-refractivity contribution in [1.82, 2.24) is 10.6 Å². The Morgan fingerprint density at radius 2 is 2.06 bits per heavy atom. The molecule has 0 bridgehead atoms. The van der Waals surface area contributed by atoms with E-state index in [-0.39, 0.29) is 0 Å². The molecular formula is C14H23N3O. The Morgan fingerprint density at radius 1 is 1.33 bits per heavy atom. The molecule has 1 rings (SSSR count). The monoisotopic (exact) mass is 249 g/mol. The number of guanidine groups is 1. The summed E-state index contributed by atoms with van der Waals surface area (Å²) in [6.45, 7) is 7.70. The molecule has 0 aliphatic rings. The predicted molar refractivity (Wildman–Crippen MR) is 76.1 cm³/mol. The molecule has 1 aromatic rings. The summed E-state index contributed by atoms with van der Waals surface area (Å²) in [5.41, 5.74) is 1.08. The molecule has 4 heteroatoms. The second-order valence-corrected chi connectivity index (χ2v) is 4.31. The smallest absolute Gasteiger partial charge is 0.191 e. The van der Waals surface area contributed by atoms with Crippen molar-refractivity contribution < 1.29 is 4.74 Å². The number of aliphatic imine (C=N–C) groups is 1. The molecule has 0 fully saturated rings. The van der Waals surface area contributed by atoms with Crippen molar-refractivity contribution in [3.63, 3.8) is 0 Å². The number of benzene rings is 1. The van der Waals surface area contributed by atoms with Gasteiger partial charge in [-0.25, -0.2) is 4.99 Å². The third-order valence-electron chi connectivity index (χ3n) is 2.37. The fourth-order valence-corrected chi connectivity index (χ4v) is 1.59. The van der Waals surface area contributed by atoms with Gasteiger partial charge in [0, 0.05) is 18.2 Å². The molecule has 1 aromatic carbocycles. The molecule has 4 nitrogen and oxygen atoms in total. The van der Waals surface area contributed by atoms with Crippen LogP contribution < -0.4 is 15.4 Å². The standard InChI is InChI=1S/C14H23N3O/c1-5-15-14(17-11(2)3)16-10-12-8-6-7-9-13(12)18-4/h6-9,11H,5,10H2,1-4H3,(H2,15,16,17). The van der Waals surface area contributed by atoms with Crippen LogP contribution in [0.4, 0.5) is 0 Å². The topological polar surface area (TPSA) is 45.7 Å². The number of ether oxygens (including phenoxy) is 1. The molecule has 2 N–H and O–H groups in total. The molecule has 0 aliphatic carbocycles. The van der Waals surface area contributed by atoms with Gasteiger partial charge in [-0.2, -0.15) is 0 Å². The molecule has 0 amide bonds. The van der Waals surface area contributed by atoms with Crippen molar-refractivity contribution in [2.45, 2.75) is 33.4 Å². The molecule has 0 atom stereocenters. The minimum Gasteiger partial charge on any atom is -0.496 e. The summed E-state index contributed by atoms with van der Waals surface area (Å²) < 4.78 is 5.31. The third kappa shape index (κ3) is 4.65. The first kappa shape index (κ1) is 14.4. The number of nitrogens with one attached hydrogen (secondary N) is 2. The Balaban J connectivity index is 2.74. The average molecular weight is 249 g/mol. The highest BCUT2D eigenvalue weighted by atomic mass is 16.5. The maximum Gasteiger partial charge on any atom is 0.191 e. The van der Waals surface area contributed by atoms with Crippen molar-refractivity contribution >= 4 is 5.96 Å². The van der Waals surface area contributed by atoms with Crippen LogP contribution in [-0.2, 0) is 6.54 Å².